The normalized spacial score (nSPS) is 15.7. The van der Waals surface area contributed by atoms with Crippen LogP contribution in [0.5, 0.6) is 0 Å². The Kier molecular flexibility index (Phi) is 3.99. The minimum absolute atomic E-state index is 0.00570. The van der Waals surface area contributed by atoms with Gasteiger partial charge in [-0.25, -0.2) is 0 Å². The first-order chi connectivity index (χ1) is 9.56. The lowest BCUT2D eigenvalue weighted by molar-refractivity contribution is 0.0946. The molecule has 0 radical (unpaired) electrons. The van der Waals surface area contributed by atoms with Crippen molar-refractivity contribution in [3.63, 3.8) is 0 Å². The van der Waals surface area contributed by atoms with Gasteiger partial charge >= 0.3 is 0 Å². The van der Waals surface area contributed by atoms with Crippen molar-refractivity contribution in [2.24, 2.45) is 5.73 Å². The first-order valence-corrected chi connectivity index (χ1v) is 8.58. The molecular weight excluding hydrogens is 404 g/mol. The third kappa shape index (κ3) is 2.57. The van der Waals surface area contributed by atoms with Gasteiger partial charge in [0.15, 0.2) is 0 Å². The van der Waals surface area contributed by atoms with E-state index in [1.165, 1.54) is 0 Å². The van der Waals surface area contributed by atoms with Crippen LogP contribution in [0, 0.1) is 0 Å². The second-order valence-electron chi connectivity index (χ2n) is 4.67. The highest BCUT2D eigenvalue weighted by molar-refractivity contribution is 9.13. The van der Waals surface area contributed by atoms with Gasteiger partial charge < -0.3 is 11.1 Å². The number of amides is 1. The topological polar surface area (TPSA) is 55.1 Å². The van der Waals surface area contributed by atoms with E-state index in [1.54, 1.807) is 11.3 Å². The van der Waals surface area contributed by atoms with E-state index in [9.17, 15) is 4.79 Å². The lowest BCUT2D eigenvalue weighted by Crippen LogP contribution is -2.32. The summed E-state index contributed by atoms with van der Waals surface area (Å²) < 4.78 is 2.03. The molecule has 6 heteroatoms. The van der Waals surface area contributed by atoms with Gasteiger partial charge in [0.25, 0.3) is 5.91 Å². The van der Waals surface area contributed by atoms with Gasteiger partial charge in [-0.2, -0.15) is 0 Å². The van der Waals surface area contributed by atoms with E-state index < -0.39 is 0 Å². The van der Waals surface area contributed by atoms with Crippen LogP contribution < -0.4 is 11.1 Å². The molecule has 1 atom stereocenters. The third-order valence-corrected chi connectivity index (χ3v) is 6.73. The molecule has 1 aliphatic rings. The Morgan fingerprint density at radius 3 is 2.80 bits per heavy atom. The maximum Gasteiger partial charge on any atom is 0.251 e. The van der Waals surface area contributed by atoms with Crippen LogP contribution in [0.2, 0.25) is 0 Å². The average molecular weight is 416 g/mol. The first-order valence-electron chi connectivity index (χ1n) is 6.17. The second kappa shape index (κ2) is 5.60. The highest BCUT2D eigenvalue weighted by Gasteiger charge is 2.20. The SMILES string of the molecule is NC(c1ccc2c(c1)C(=O)NCC2)c1cc(Br)c(Br)s1. The molecule has 2 aromatic rings. The van der Waals surface area contributed by atoms with Crippen molar-refractivity contribution in [1.29, 1.82) is 0 Å². The number of nitrogens with two attached hydrogens (primary N) is 1. The number of fused-ring (bicyclic) bond motifs is 1. The zero-order chi connectivity index (χ0) is 14.3. The molecule has 0 spiro atoms. The van der Waals surface area contributed by atoms with Gasteiger partial charge in [0.1, 0.15) is 0 Å². The molecule has 3 nitrogen and oxygen atoms in total. The fourth-order valence-electron chi connectivity index (χ4n) is 2.30. The van der Waals surface area contributed by atoms with E-state index in [-0.39, 0.29) is 11.9 Å². The zero-order valence-corrected chi connectivity index (χ0v) is 14.4. The van der Waals surface area contributed by atoms with Crippen LogP contribution in [0.1, 0.15) is 32.4 Å². The highest BCUT2D eigenvalue weighted by Crippen LogP contribution is 2.37. The molecule has 0 saturated heterocycles. The Labute approximate surface area is 137 Å². The van der Waals surface area contributed by atoms with Gasteiger partial charge in [-0.15, -0.1) is 11.3 Å². The molecule has 3 N–H and O–H groups in total. The maximum absolute atomic E-state index is 11.9. The van der Waals surface area contributed by atoms with Crippen LogP contribution in [0.25, 0.3) is 0 Å². The van der Waals surface area contributed by atoms with Crippen molar-refractivity contribution >= 4 is 49.1 Å². The van der Waals surface area contributed by atoms with Crippen LogP contribution in [-0.2, 0) is 6.42 Å². The monoisotopic (exact) mass is 414 g/mol. The standard InChI is InChI=1S/C14H12Br2N2OS/c15-10-6-11(20-13(10)16)12(17)8-2-1-7-3-4-18-14(19)9(7)5-8/h1-2,5-6,12H,3-4,17H2,(H,18,19). The van der Waals surface area contributed by atoms with Gasteiger partial charge in [-0.05, 0) is 61.5 Å². The third-order valence-electron chi connectivity index (χ3n) is 3.39. The van der Waals surface area contributed by atoms with E-state index in [2.05, 4.69) is 37.2 Å². The summed E-state index contributed by atoms with van der Waals surface area (Å²) in [6.07, 6.45) is 0.882. The molecule has 2 heterocycles. The van der Waals surface area contributed by atoms with Crippen molar-refractivity contribution < 1.29 is 4.79 Å². The molecule has 1 unspecified atom stereocenters. The van der Waals surface area contributed by atoms with Crippen molar-refractivity contribution in [2.75, 3.05) is 6.54 Å². The Morgan fingerprint density at radius 1 is 1.30 bits per heavy atom. The van der Waals surface area contributed by atoms with Crippen molar-refractivity contribution in [2.45, 2.75) is 12.5 Å². The quantitative estimate of drug-likeness (QED) is 0.787. The van der Waals surface area contributed by atoms with E-state index in [4.69, 9.17) is 5.73 Å². The molecule has 104 valence electrons. The van der Waals surface area contributed by atoms with E-state index >= 15 is 0 Å². The highest BCUT2D eigenvalue weighted by atomic mass is 79.9. The van der Waals surface area contributed by atoms with E-state index in [0.717, 1.165) is 36.2 Å². The van der Waals surface area contributed by atoms with E-state index in [0.29, 0.717) is 6.54 Å². The van der Waals surface area contributed by atoms with Gasteiger partial charge in [-0.3, -0.25) is 4.79 Å². The van der Waals surface area contributed by atoms with Gasteiger partial charge in [0.05, 0.1) is 9.83 Å². The van der Waals surface area contributed by atoms with Crippen LogP contribution in [0.15, 0.2) is 32.5 Å². The number of benzene rings is 1. The van der Waals surface area contributed by atoms with E-state index in [1.807, 2.05) is 24.3 Å². The van der Waals surface area contributed by atoms with Gasteiger partial charge in [0.2, 0.25) is 0 Å². The molecule has 3 rings (SSSR count). The number of thiophene rings is 1. The van der Waals surface area contributed by atoms with Crippen LogP contribution in [-0.4, -0.2) is 12.5 Å². The number of carbonyl (C=O) groups excluding carboxylic acids is 1. The molecule has 20 heavy (non-hydrogen) atoms. The predicted molar refractivity (Wildman–Crippen MR) is 88.2 cm³/mol. The van der Waals surface area contributed by atoms with Crippen molar-refractivity contribution in [3.8, 4) is 0 Å². The average Bonchev–Trinajstić information content (AvgIpc) is 2.78. The fourth-order valence-corrected chi connectivity index (χ4v) is 4.42. The maximum atomic E-state index is 11.9. The lowest BCUT2D eigenvalue weighted by atomic mass is 9.95. The molecule has 0 bridgehead atoms. The Morgan fingerprint density at radius 2 is 2.10 bits per heavy atom. The summed E-state index contributed by atoms with van der Waals surface area (Å²) in [7, 11) is 0. The summed E-state index contributed by atoms with van der Waals surface area (Å²) in [5.74, 6) is -0.00570. The number of nitrogens with one attached hydrogen (secondary N) is 1. The summed E-state index contributed by atoms with van der Waals surface area (Å²) in [5, 5.41) is 2.87. The van der Waals surface area contributed by atoms with Crippen molar-refractivity contribution in [1.82, 2.24) is 5.32 Å². The van der Waals surface area contributed by atoms with Gasteiger partial charge in [-0.1, -0.05) is 12.1 Å². The predicted octanol–water partition coefficient (Wildman–Crippen LogP) is 3.61. The summed E-state index contributed by atoms with van der Waals surface area (Å²) in [4.78, 5) is 12.9. The second-order valence-corrected chi connectivity index (χ2v) is 7.93. The smallest absolute Gasteiger partial charge is 0.251 e. The Bertz CT molecular complexity index is 664. The molecule has 1 amide bonds. The number of carbonyl (C=O) groups is 1. The fraction of sp³-hybridized carbons (Fsp3) is 0.214. The molecule has 0 aliphatic carbocycles. The Balaban J connectivity index is 1.98. The van der Waals surface area contributed by atoms with Crippen LogP contribution in [0.3, 0.4) is 0 Å². The Hall–Kier alpha value is -0.690. The number of rotatable bonds is 2. The van der Waals surface area contributed by atoms with Gasteiger partial charge in [0, 0.05) is 21.5 Å². The minimum atomic E-state index is -0.220. The molecule has 0 saturated carbocycles. The summed E-state index contributed by atoms with van der Waals surface area (Å²) >= 11 is 8.55. The first kappa shape index (κ1) is 14.3. The van der Waals surface area contributed by atoms with Crippen LogP contribution in [0.4, 0.5) is 0 Å². The summed E-state index contributed by atoms with van der Waals surface area (Å²) in [5.41, 5.74) is 9.12. The van der Waals surface area contributed by atoms with Crippen LogP contribution >= 0.6 is 43.2 Å². The number of hydrogen-bond donors (Lipinski definition) is 2. The largest absolute Gasteiger partial charge is 0.352 e. The molecule has 1 aliphatic heterocycles. The molecule has 1 aromatic heterocycles. The lowest BCUT2D eigenvalue weighted by Gasteiger charge is -2.19. The molecule has 0 fully saturated rings. The minimum Gasteiger partial charge on any atom is -0.352 e. The van der Waals surface area contributed by atoms with Crippen molar-refractivity contribution in [3.05, 3.63) is 54.1 Å². The molecular formula is C14H12Br2N2OS. The number of hydrogen-bond acceptors (Lipinski definition) is 3. The summed E-state index contributed by atoms with van der Waals surface area (Å²) in [6.45, 7) is 0.710. The number of halogens is 2. The summed E-state index contributed by atoms with van der Waals surface area (Å²) in [6, 6.07) is 7.74. The zero-order valence-electron chi connectivity index (χ0n) is 10.5. The molecule has 1 aromatic carbocycles.